The van der Waals surface area contributed by atoms with Crippen molar-refractivity contribution in [3.8, 4) is 0 Å². The van der Waals surface area contributed by atoms with E-state index in [1.807, 2.05) is 52.0 Å². The number of nitrogens with one attached hydrogen (secondary N) is 1. The molecule has 7 aromatic rings. The second-order valence-corrected chi connectivity index (χ2v) is 32.6. The van der Waals surface area contributed by atoms with Crippen molar-refractivity contribution in [3.05, 3.63) is 269 Å². The molecule has 11 rings (SSSR count). The Balaban J connectivity index is -0.000000706. The van der Waals surface area contributed by atoms with Crippen LogP contribution in [-0.4, -0.2) is 231 Å². The van der Waals surface area contributed by atoms with E-state index in [0.29, 0.717) is 23.1 Å². The summed E-state index contributed by atoms with van der Waals surface area (Å²) in [7, 11) is 3.62. The fourth-order valence-corrected chi connectivity index (χ4v) is 11.9. The molecule has 0 bridgehead atoms. The number of anilines is 1. The third kappa shape index (κ3) is 48.6. The summed E-state index contributed by atoms with van der Waals surface area (Å²) in [6.07, 6.45) is 6.02. The molecule has 4 heterocycles. The number of halogens is 1. The second kappa shape index (κ2) is 65.8. The molecular weight excluding hydrogens is 1750 g/mol. The van der Waals surface area contributed by atoms with Gasteiger partial charge in [0.05, 0.1) is 107 Å². The van der Waals surface area contributed by atoms with Crippen molar-refractivity contribution in [2.75, 3.05) is 139 Å². The standard InChI is InChI=1S/C15H22N2O3.C15H24N2O.C11H13NO4.C11H13NO3.C10H11NO4.C10H13NO3.C9H9NO4.C4H9NO.C4H8O.C2H4O2.CH4O.B.ClH.Na.H/c1-15(2,7-8-16-9-11-20-12-10-16)13-3-5-14(6-4-13)17(18)19;1-15(2,13-3-5-14(16)6-4-13)7-8-17-9-11-18-12-10-17;1-11(2,10(13)16-3)8-4-6-9(7-5-8)12(14)15;1-11(2,7-8-13)9-3-5-10(6-4-9)12(14)15;1-7(10(12)15-2)8-3-5-9(6-4-8)11(13)14;1-10(2,7-12)8-3-5-9(6-4-8)11(13)14;1-6(9(11)12)7-2-4-8(5-3-7)10(13)14;1-3-6-4-2-5-1;1-2-4-5-3-1;1-2(3)4;1-2;;;;/h3-6H,7-12H2,1-2H3;3-6H,7-12,16H2,1-2H3;4-7H,1-3H3;3-6,8H,7H2,1-2H3;3-7H,1-2H3;3-6,12H,7H2,1-2H3;2-6H,1H3,(H,11,12);5H,1-4H2;1-4H2;1H3,(H,3,4);2H,1H3;;1H;;/q;;;;;;;;;;;;;+1;-1. The third-order valence-electron chi connectivity index (χ3n) is 20.9. The zero-order valence-electron chi connectivity index (χ0n) is 79.8. The van der Waals surface area contributed by atoms with Crippen LogP contribution in [0.2, 0.25) is 0 Å². The number of nitro groups is 6. The Morgan fingerprint density at radius 1 is 0.455 bits per heavy atom. The van der Waals surface area contributed by atoms with E-state index in [-0.39, 0.29) is 131 Å². The average Bonchev–Trinajstić information content (AvgIpc) is 1.84. The Bertz CT molecular complexity index is 4510. The van der Waals surface area contributed by atoms with Gasteiger partial charge in [-0.05, 0) is 134 Å². The SMILES string of the molecule is C1CCOC1.C1COCCN1.CC(=O)O.CC(C(=O)O)c1ccc([N+](=O)[O-])cc1.CC(C)(CC=O)c1ccc([N+](=O)[O-])cc1.CC(C)(CCN1CCOCC1)c1ccc(N)cc1.CC(C)(CCN1CCOCC1)c1ccc([N+](=O)[O-])cc1.CC(C)(CO)c1ccc([N+](=O)[O-])cc1.CO.COC(=O)C(C)(C)c1ccc([N+](=O)[O-])cc1.COC(=O)C(C)c1ccc([N+](=O)[O-])cc1.Cl.[B].[H-].[Na+]. The zero-order valence-corrected chi connectivity index (χ0v) is 81.6. The molecule has 0 saturated carbocycles. The number of methoxy groups -OCH3 is 2. The number of benzene rings is 7. The molecule has 0 aliphatic carbocycles. The Hall–Kier alpha value is -10.7. The fraction of sp³-hybridized carbons (Fsp3) is 0.489. The van der Waals surface area contributed by atoms with Gasteiger partial charge in [-0.15, -0.1) is 12.4 Å². The number of ether oxygens (including phenoxy) is 6. The number of carbonyl (C=O) groups is 5. The molecule has 723 valence electrons. The number of carboxylic acid groups (broad SMARTS) is 2. The molecule has 7 aromatic carbocycles. The van der Waals surface area contributed by atoms with Gasteiger partial charge in [-0.2, -0.15) is 0 Å². The summed E-state index contributed by atoms with van der Waals surface area (Å²) in [5.41, 5.74) is 11.9. The zero-order chi connectivity index (χ0) is 97.7. The molecule has 132 heavy (non-hydrogen) atoms. The van der Waals surface area contributed by atoms with Gasteiger partial charge in [0.1, 0.15) is 6.29 Å². The van der Waals surface area contributed by atoms with E-state index in [1.54, 1.807) is 81.4 Å². The van der Waals surface area contributed by atoms with Crippen LogP contribution in [0.3, 0.4) is 0 Å². The predicted molar refractivity (Wildman–Crippen MR) is 504 cm³/mol. The van der Waals surface area contributed by atoms with E-state index in [9.17, 15) is 79.9 Å². The quantitative estimate of drug-likeness (QED) is 0.00773. The van der Waals surface area contributed by atoms with Crippen LogP contribution in [0.4, 0.5) is 39.8 Å². The number of aliphatic hydroxyl groups is 2. The van der Waals surface area contributed by atoms with Gasteiger partial charge in [0, 0.05) is 165 Å². The first-order valence-electron chi connectivity index (χ1n) is 41.6. The first-order valence-corrected chi connectivity index (χ1v) is 41.6. The molecule has 37 nitrogen and oxygen atoms in total. The number of hydrogen-bond donors (Lipinski definition) is 6. The number of nitrogens with two attached hydrogens (primary N) is 1. The van der Waals surface area contributed by atoms with E-state index in [2.05, 4.69) is 64.4 Å². The van der Waals surface area contributed by atoms with Crippen molar-refractivity contribution in [2.24, 2.45) is 0 Å². The largest absolute Gasteiger partial charge is 1.00 e. The number of rotatable bonds is 25. The van der Waals surface area contributed by atoms with Crippen molar-refractivity contribution in [1.29, 1.82) is 0 Å². The third-order valence-corrected chi connectivity index (χ3v) is 20.9. The molecule has 0 aromatic heterocycles. The van der Waals surface area contributed by atoms with E-state index < -0.39 is 53.8 Å². The van der Waals surface area contributed by atoms with Crippen molar-refractivity contribution >= 4 is 90.8 Å². The molecule has 4 aliphatic rings. The number of nitro benzene ring substituents is 6. The molecular formula is C92H132BClN10NaO27. The Morgan fingerprint density at radius 2 is 0.720 bits per heavy atom. The maximum atomic E-state index is 11.5. The van der Waals surface area contributed by atoms with Gasteiger partial charge >= 0.3 is 47.5 Å². The van der Waals surface area contributed by atoms with Crippen LogP contribution in [0.1, 0.15) is 174 Å². The number of morpholine rings is 3. The minimum Gasteiger partial charge on any atom is -1.00 e. The average molecular weight is 1880 g/mol. The Morgan fingerprint density at radius 3 is 0.962 bits per heavy atom. The molecule has 2 atom stereocenters. The minimum atomic E-state index is -0.946. The van der Waals surface area contributed by atoms with Crippen molar-refractivity contribution < 1.29 is 133 Å². The number of aldehydes is 1. The first kappa shape index (κ1) is 125. The maximum absolute atomic E-state index is 11.5. The smallest absolute Gasteiger partial charge is 1.00 e. The van der Waals surface area contributed by atoms with Crippen molar-refractivity contribution in [1.82, 2.24) is 15.1 Å². The summed E-state index contributed by atoms with van der Waals surface area (Å²) in [5.74, 6) is -3.56. The number of nitrogens with zero attached hydrogens (tertiary/aromatic N) is 8. The van der Waals surface area contributed by atoms with E-state index in [4.69, 9.17) is 49.9 Å². The van der Waals surface area contributed by atoms with E-state index in [0.717, 1.165) is 161 Å². The number of hydrogen-bond acceptors (Lipinski definition) is 29. The van der Waals surface area contributed by atoms with Gasteiger partial charge in [0.25, 0.3) is 40.1 Å². The topological polar surface area (TPSA) is 525 Å². The van der Waals surface area contributed by atoms with Crippen LogP contribution in [0.15, 0.2) is 170 Å². The normalized spacial score (nSPS) is 13.7. The second-order valence-electron chi connectivity index (χ2n) is 32.6. The molecule has 3 radical (unpaired) electrons. The first-order chi connectivity index (χ1) is 60.7. The summed E-state index contributed by atoms with van der Waals surface area (Å²) in [6, 6.07) is 45.0. The molecule has 7 N–H and O–H groups in total. The molecule has 40 heteroatoms. The van der Waals surface area contributed by atoms with Crippen LogP contribution >= 0.6 is 12.4 Å². The molecule has 4 fully saturated rings. The van der Waals surface area contributed by atoms with Gasteiger partial charge < -0.3 is 66.1 Å². The molecule has 4 saturated heterocycles. The van der Waals surface area contributed by atoms with Gasteiger partial charge in [0.15, 0.2) is 0 Å². The van der Waals surface area contributed by atoms with Crippen LogP contribution < -0.4 is 40.6 Å². The number of aliphatic carboxylic acids is 2. The summed E-state index contributed by atoms with van der Waals surface area (Å²) in [6.45, 7) is 39.9. The van der Waals surface area contributed by atoms with Gasteiger partial charge in [0.2, 0.25) is 0 Å². The summed E-state index contributed by atoms with van der Waals surface area (Å²) in [5, 5.41) is 98.0. The van der Waals surface area contributed by atoms with Crippen molar-refractivity contribution in [3.63, 3.8) is 0 Å². The monoisotopic (exact) mass is 1880 g/mol. The number of esters is 2. The number of nitrogen functional groups attached to an aromatic ring is 1. The number of carbonyl (C=O) groups excluding carboxylic acids is 3. The predicted octanol–water partition coefficient (Wildman–Crippen LogP) is 12.1. The minimum absolute atomic E-state index is 0. The van der Waals surface area contributed by atoms with Gasteiger partial charge in [-0.1, -0.05) is 140 Å². The number of aliphatic hydroxyl groups excluding tert-OH is 2. The van der Waals surface area contributed by atoms with E-state index in [1.165, 1.54) is 112 Å². The summed E-state index contributed by atoms with van der Waals surface area (Å²) < 4.78 is 29.9. The molecule has 0 spiro atoms. The van der Waals surface area contributed by atoms with E-state index >= 15 is 0 Å². The summed E-state index contributed by atoms with van der Waals surface area (Å²) in [4.78, 5) is 118. The summed E-state index contributed by atoms with van der Waals surface area (Å²) >= 11 is 0. The number of carboxylic acids is 2. The Kier molecular flexibility index (Phi) is 62.5. The van der Waals surface area contributed by atoms with Crippen LogP contribution in [0, 0.1) is 60.7 Å². The Labute approximate surface area is 803 Å². The maximum Gasteiger partial charge on any atom is 1.00 e. The number of non-ortho nitro benzene ring substituents is 6. The molecule has 4 aliphatic heterocycles. The fourth-order valence-electron chi connectivity index (χ4n) is 11.9. The van der Waals surface area contributed by atoms with Crippen LogP contribution in [-0.2, 0) is 79.5 Å². The molecule has 2 unspecified atom stereocenters. The van der Waals surface area contributed by atoms with Crippen LogP contribution in [0.5, 0.6) is 0 Å². The van der Waals surface area contributed by atoms with Crippen molar-refractivity contribution in [2.45, 2.75) is 161 Å². The van der Waals surface area contributed by atoms with Crippen LogP contribution in [0.25, 0.3) is 0 Å². The van der Waals surface area contributed by atoms with Gasteiger partial charge in [-0.3, -0.25) is 89.7 Å². The molecule has 0 amide bonds. The van der Waals surface area contributed by atoms with Gasteiger partial charge in [-0.25, -0.2) is 0 Å².